The number of carbonyl (C=O) groups excluding carboxylic acids is 2. The zero-order chi connectivity index (χ0) is 19.9. The molecular weight excluding hydrogens is 396 g/mol. The van der Waals surface area contributed by atoms with Crippen LogP contribution in [0.2, 0.25) is 5.02 Å². The van der Waals surface area contributed by atoms with Gasteiger partial charge in [0.2, 0.25) is 5.91 Å². The maximum atomic E-state index is 13.3. The summed E-state index contributed by atoms with van der Waals surface area (Å²) in [6.45, 7) is 2.78. The molecule has 0 unspecified atom stereocenters. The Morgan fingerprint density at radius 2 is 2.07 bits per heavy atom. The summed E-state index contributed by atoms with van der Waals surface area (Å²) in [6, 6.07) is 8.23. The number of amides is 2. The van der Waals surface area contributed by atoms with Crippen molar-refractivity contribution < 1.29 is 14.0 Å². The Kier molecular flexibility index (Phi) is 7.45. The fraction of sp³-hybridized carbons (Fsp3) is 0.429. The molecule has 28 heavy (non-hydrogen) atoms. The summed E-state index contributed by atoms with van der Waals surface area (Å²) >= 11 is 7.82. The standard InChI is InChI=1S/C21H25ClN2O3S/c1-2-3-4-7-11-23-19(25)18-14-28-21(15-10-12-27-13-15)24(18)20(26)16-8-5-6-9-17(16)22/h5-6,8-10,12-13,18,21H,2-4,7,11,14H2,1H3,(H,23,25)/t18-,21+/m1/s1. The zero-order valence-corrected chi connectivity index (χ0v) is 17.5. The van der Waals surface area contributed by atoms with E-state index in [0.29, 0.717) is 22.9 Å². The third-order valence-electron chi connectivity index (χ3n) is 4.80. The van der Waals surface area contributed by atoms with Crippen LogP contribution in [0.4, 0.5) is 0 Å². The third-order valence-corrected chi connectivity index (χ3v) is 6.45. The highest BCUT2D eigenvalue weighted by atomic mass is 35.5. The summed E-state index contributed by atoms with van der Waals surface area (Å²) in [5.41, 5.74) is 1.27. The van der Waals surface area contributed by atoms with Crippen LogP contribution in [0.25, 0.3) is 0 Å². The quantitative estimate of drug-likeness (QED) is 0.618. The highest BCUT2D eigenvalue weighted by molar-refractivity contribution is 7.99. The van der Waals surface area contributed by atoms with Crippen LogP contribution in [0.1, 0.15) is 53.9 Å². The summed E-state index contributed by atoms with van der Waals surface area (Å²) in [6.07, 6.45) is 7.55. The van der Waals surface area contributed by atoms with Gasteiger partial charge in [0, 0.05) is 17.9 Å². The molecule has 0 radical (unpaired) electrons. The first-order chi connectivity index (χ1) is 13.6. The first-order valence-corrected chi connectivity index (χ1v) is 11.0. The van der Waals surface area contributed by atoms with Crippen LogP contribution in [0.15, 0.2) is 47.3 Å². The number of hydrogen-bond acceptors (Lipinski definition) is 4. The Morgan fingerprint density at radius 3 is 2.79 bits per heavy atom. The Bertz CT molecular complexity index is 797. The minimum atomic E-state index is -0.542. The minimum absolute atomic E-state index is 0.115. The van der Waals surface area contributed by atoms with Crippen LogP contribution in [-0.4, -0.2) is 35.1 Å². The summed E-state index contributed by atoms with van der Waals surface area (Å²) in [5.74, 6) is 0.177. The molecule has 1 N–H and O–H groups in total. The molecule has 2 heterocycles. The van der Waals surface area contributed by atoms with Crippen molar-refractivity contribution in [2.24, 2.45) is 0 Å². The van der Waals surface area contributed by atoms with E-state index in [2.05, 4.69) is 12.2 Å². The van der Waals surface area contributed by atoms with Crippen LogP contribution < -0.4 is 5.32 Å². The zero-order valence-electron chi connectivity index (χ0n) is 15.9. The first kappa shape index (κ1) is 20.8. The van der Waals surface area contributed by atoms with Crippen molar-refractivity contribution in [2.75, 3.05) is 12.3 Å². The SMILES string of the molecule is CCCCCCNC(=O)[C@H]1CS[C@@H](c2ccoc2)N1C(=O)c1ccccc1Cl. The third kappa shape index (κ3) is 4.73. The van der Waals surface area contributed by atoms with E-state index in [1.54, 1.807) is 53.5 Å². The van der Waals surface area contributed by atoms with E-state index in [1.807, 2.05) is 6.07 Å². The lowest BCUT2D eigenvalue weighted by molar-refractivity contribution is -0.124. The number of carbonyl (C=O) groups is 2. The number of halogens is 1. The van der Waals surface area contributed by atoms with Crippen molar-refractivity contribution in [2.45, 2.75) is 44.0 Å². The fourth-order valence-electron chi connectivity index (χ4n) is 3.28. The van der Waals surface area contributed by atoms with Gasteiger partial charge in [-0.25, -0.2) is 0 Å². The molecule has 1 aliphatic heterocycles. The molecule has 1 saturated heterocycles. The van der Waals surface area contributed by atoms with Crippen LogP contribution in [0.3, 0.4) is 0 Å². The molecule has 2 aromatic rings. The van der Waals surface area contributed by atoms with Gasteiger partial charge in [-0.05, 0) is 24.6 Å². The maximum Gasteiger partial charge on any atom is 0.257 e. The molecule has 2 amide bonds. The van der Waals surface area contributed by atoms with Crippen molar-refractivity contribution in [1.82, 2.24) is 10.2 Å². The second kappa shape index (κ2) is 10.0. The van der Waals surface area contributed by atoms with Gasteiger partial charge in [-0.2, -0.15) is 0 Å². The Hall–Kier alpha value is -1.92. The Labute approximate surface area is 174 Å². The predicted molar refractivity (Wildman–Crippen MR) is 112 cm³/mol. The molecular formula is C21H25ClN2O3S. The summed E-state index contributed by atoms with van der Waals surface area (Å²) in [4.78, 5) is 27.8. The number of hydrogen-bond donors (Lipinski definition) is 1. The van der Waals surface area contributed by atoms with E-state index in [9.17, 15) is 9.59 Å². The molecule has 7 heteroatoms. The van der Waals surface area contributed by atoms with E-state index in [-0.39, 0.29) is 17.2 Å². The smallest absolute Gasteiger partial charge is 0.257 e. The fourth-order valence-corrected chi connectivity index (χ4v) is 4.91. The van der Waals surface area contributed by atoms with Crippen molar-refractivity contribution in [3.05, 3.63) is 59.0 Å². The minimum Gasteiger partial charge on any atom is -0.472 e. The van der Waals surface area contributed by atoms with E-state index in [0.717, 1.165) is 31.2 Å². The number of nitrogens with one attached hydrogen (secondary N) is 1. The number of rotatable bonds is 8. The van der Waals surface area contributed by atoms with Crippen molar-refractivity contribution in [3.63, 3.8) is 0 Å². The molecule has 150 valence electrons. The van der Waals surface area contributed by atoms with Gasteiger partial charge in [-0.15, -0.1) is 11.8 Å². The first-order valence-electron chi connectivity index (χ1n) is 9.62. The number of furan rings is 1. The largest absolute Gasteiger partial charge is 0.472 e. The van der Waals surface area contributed by atoms with Gasteiger partial charge in [0.1, 0.15) is 11.4 Å². The number of unbranched alkanes of at least 4 members (excludes halogenated alkanes) is 3. The van der Waals surface area contributed by atoms with Crippen molar-refractivity contribution in [1.29, 1.82) is 0 Å². The summed E-state index contributed by atoms with van der Waals surface area (Å²) < 4.78 is 5.20. The number of nitrogens with zero attached hydrogens (tertiary/aromatic N) is 1. The lowest BCUT2D eigenvalue weighted by Gasteiger charge is -2.28. The van der Waals surface area contributed by atoms with Gasteiger partial charge in [-0.1, -0.05) is 49.9 Å². The summed E-state index contributed by atoms with van der Waals surface area (Å²) in [7, 11) is 0. The average Bonchev–Trinajstić information content (AvgIpc) is 3.37. The second-order valence-corrected chi connectivity index (χ2v) is 8.32. The van der Waals surface area contributed by atoms with Crippen molar-refractivity contribution >= 4 is 35.2 Å². The second-order valence-electron chi connectivity index (χ2n) is 6.80. The lowest BCUT2D eigenvalue weighted by Crippen LogP contribution is -2.48. The monoisotopic (exact) mass is 420 g/mol. The van der Waals surface area contributed by atoms with Crippen LogP contribution in [0.5, 0.6) is 0 Å². The Morgan fingerprint density at radius 1 is 1.25 bits per heavy atom. The molecule has 1 aliphatic rings. The van der Waals surface area contributed by atoms with Gasteiger partial charge in [0.05, 0.1) is 23.1 Å². The molecule has 0 aliphatic carbocycles. The summed E-state index contributed by atoms with van der Waals surface area (Å²) in [5, 5.41) is 3.10. The van der Waals surface area contributed by atoms with E-state index >= 15 is 0 Å². The van der Waals surface area contributed by atoms with Gasteiger partial charge in [0.25, 0.3) is 5.91 Å². The van der Waals surface area contributed by atoms with Crippen molar-refractivity contribution in [3.8, 4) is 0 Å². The highest BCUT2D eigenvalue weighted by Gasteiger charge is 2.43. The molecule has 0 saturated carbocycles. The molecule has 3 rings (SSSR count). The predicted octanol–water partition coefficient (Wildman–Crippen LogP) is 4.89. The van der Waals surface area contributed by atoms with Crippen LogP contribution in [0, 0.1) is 0 Å². The molecule has 1 aromatic carbocycles. The van der Waals surface area contributed by atoms with Crippen LogP contribution >= 0.6 is 23.4 Å². The number of benzene rings is 1. The van der Waals surface area contributed by atoms with Crippen LogP contribution in [-0.2, 0) is 4.79 Å². The van der Waals surface area contributed by atoms with Gasteiger partial charge in [-0.3, -0.25) is 9.59 Å². The van der Waals surface area contributed by atoms with Gasteiger partial charge < -0.3 is 14.6 Å². The topological polar surface area (TPSA) is 62.6 Å². The maximum absolute atomic E-state index is 13.3. The average molecular weight is 421 g/mol. The van der Waals surface area contributed by atoms with Gasteiger partial charge >= 0.3 is 0 Å². The molecule has 5 nitrogen and oxygen atoms in total. The normalized spacial score (nSPS) is 19.0. The van der Waals surface area contributed by atoms with E-state index < -0.39 is 6.04 Å². The number of thioether (sulfide) groups is 1. The molecule has 1 fully saturated rings. The Balaban J connectivity index is 1.78. The van der Waals surface area contributed by atoms with E-state index in [1.165, 1.54) is 0 Å². The highest BCUT2D eigenvalue weighted by Crippen LogP contribution is 2.42. The molecule has 0 spiro atoms. The molecule has 1 aromatic heterocycles. The van der Waals surface area contributed by atoms with Gasteiger partial charge in [0.15, 0.2) is 0 Å². The molecule has 0 bridgehead atoms. The lowest BCUT2D eigenvalue weighted by atomic mass is 10.1. The van der Waals surface area contributed by atoms with E-state index in [4.69, 9.17) is 16.0 Å². The molecule has 2 atom stereocenters.